The summed E-state index contributed by atoms with van der Waals surface area (Å²) >= 11 is 0. The van der Waals surface area contributed by atoms with Crippen molar-refractivity contribution in [1.82, 2.24) is 24.8 Å². The third-order valence-corrected chi connectivity index (χ3v) is 6.00. The van der Waals surface area contributed by atoms with E-state index >= 15 is 0 Å². The zero-order valence-electron chi connectivity index (χ0n) is 16.1. The number of halogens is 1. The number of morpholine rings is 1. The van der Waals surface area contributed by atoms with Crippen LogP contribution in [0, 0.1) is 5.82 Å². The minimum Gasteiger partial charge on any atom is -0.378 e. The van der Waals surface area contributed by atoms with E-state index in [1.807, 2.05) is 12.1 Å². The second kappa shape index (κ2) is 7.20. The number of nitrogens with zero attached hydrogens (tertiary/aromatic N) is 4. The summed E-state index contributed by atoms with van der Waals surface area (Å²) in [6.45, 7) is 1.38. The second-order valence-corrected chi connectivity index (χ2v) is 7.80. The zero-order chi connectivity index (χ0) is 20.0. The molecule has 2 aliphatic rings. The molecule has 150 valence electrons. The molecule has 1 N–H and O–H groups in total. The van der Waals surface area contributed by atoms with Gasteiger partial charge >= 0.3 is 0 Å². The Balaban J connectivity index is 1.47. The molecule has 2 atom stereocenters. The molecule has 2 aliphatic heterocycles. The first-order chi connectivity index (χ1) is 14.1. The van der Waals surface area contributed by atoms with Gasteiger partial charge in [0.25, 0.3) is 5.91 Å². The van der Waals surface area contributed by atoms with E-state index in [1.165, 1.54) is 6.07 Å². The predicted molar refractivity (Wildman–Crippen MR) is 105 cm³/mol. The van der Waals surface area contributed by atoms with Crippen LogP contribution < -0.4 is 5.32 Å². The largest absolute Gasteiger partial charge is 0.378 e. The molecule has 0 radical (unpaired) electrons. The molecular formula is C21H22FN5O2. The van der Waals surface area contributed by atoms with Crippen molar-refractivity contribution in [2.45, 2.75) is 31.0 Å². The molecule has 0 aliphatic carbocycles. The van der Waals surface area contributed by atoms with Gasteiger partial charge in [-0.25, -0.2) is 9.37 Å². The Labute approximate surface area is 167 Å². The van der Waals surface area contributed by atoms with Gasteiger partial charge in [0.1, 0.15) is 11.5 Å². The van der Waals surface area contributed by atoms with Gasteiger partial charge < -0.3 is 10.1 Å². The normalized spacial score (nSPS) is 24.6. The first-order valence-corrected chi connectivity index (χ1v) is 9.77. The molecule has 2 unspecified atom stereocenters. The number of carbonyl (C=O) groups is 1. The lowest BCUT2D eigenvalue weighted by Crippen LogP contribution is -2.59. The van der Waals surface area contributed by atoms with Crippen LogP contribution in [0.5, 0.6) is 0 Å². The fraction of sp³-hybridized carbons (Fsp3) is 0.381. The Morgan fingerprint density at radius 3 is 2.79 bits per heavy atom. The number of hydrogen-bond acceptors (Lipinski definition) is 5. The number of amides is 1. The maximum Gasteiger partial charge on any atom is 0.253 e. The van der Waals surface area contributed by atoms with E-state index in [0.717, 1.165) is 24.7 Å². The van der Waals surface area contributed by atoms with Crippen molar-refractivity contribution < 1.29 is 13.9 Å². The van der Waals surface area contributed by atoms with Crippen molar-refractivity contribution in [2.75, 3.05) is 20.3 Å². The van der Waals surface area contributed by atoms with Crippen LogP contribution in [0.15, 0.2) is 43.0 Å². The average molecular weight is 395 g/mol. The molecule has 3 aromatic heterocycles. The van der Waals surface area contributed by atoms with Crippen LogP contribution in [-0.4, -0.2) is 63.7 Å². The number of aromatic nitrogens is 3. The molecule has 0 spiro atoms. The number of nitrogens with one attached hydrogen (secondary N) is 1. The van der Waals surface area contributed by atoms with Crippen LogP contribution in [0.2, 0.25) is 0 Å². The number of hydrogen-bond donors (Lipinski definition) is 1. The van der Waals surface area contributed by atoms with E-state index < -0.39 is 5.82 Å². The number of carbonyl (C=O) groups excluding carboxylic acids is 1. The highest BCUT2D eigenvalue weighted by molar-refractivity contribution is 6.06. The Bertz CT molecular complexity index is 1040. The summed E-state index contributed by atoms with van der Waals surface area (Å²) in [5.74, 6) is -0.681. The maximum atomic E-state index is 13.9. The van der Waals surface area contributed by atoms with E-state index in [0.29, 0.717) is 41.9 Å². The van der Waals surface area contributed by atoms with E-state index in [2.05, 4.69) is 27.2 Å². The highest BCUT2D eigenvalue weighted by Crippen LogP contribution is 2.28. The quantitative estimate of drug-likeness (QED) is 0.736. The third-order valence-electron chi connectivity index (χ3n) is 6.00. The molecule has 5 rings (SSSR count). The Kier molecular flexibility index (Phi) is 4.52. The summed E-state index contributed by atoms with van der Waals surface area (Å²) in [5, 5.41) is 3.65. The lowest BCUT2D eigenvalue weighted by molar-refractivity contribution is -0.0670. The van der Waals surface area contributed by atoms with Crippen LogP contribution in [-0.2, 0) is 4.74 Å². The summed E-state index contributed by atoms with van der Waals surface area (Å²) < 4.78 is 21.3. The van der Waals surface area contributed by atoms with Gasteiger partial charge in [-0.2, -0.15) is 0 Å². The van der Waals surface area contributed by atoms with Gasteiger partial charge in [0.15, 0.2) is 0 Å². The molecule has 3 aromatic rings. The van der Waals surface area contributed by atoms with E-state index in [9.17, 15) is 9.18 Å². The van der Waals surface area contributed by atoms with Crippen LogP contribution in [0.1, 0.15) is 23.2 Å². The minimum absolute atomic E-state index is 0.0657. The van der Waals surface area contributed by atoms with Crippen LogP contribution in [0.4, 0.5) is 4.39 Å². The van der Waals surface area contributed by atoms with Gasteiger partial charge in [-0.1, -0.05) is 0 Å². The number of fused-ring (bicyclic) bond motifs is 3. The van der Waals surface area contributed by atoms with Crippen LogP contribution >= 0.6 is 0 Å². The Morgan fingerprint density at radius 2 is 2.07 bits per heavy atom. The van der Waals surface area contributed by atoms with Gasteiger partial charge in [0, 0.05) is 35.9 Å². The summed E-state index contributed by atoms with van der Waals surface area (Å²) in [6.07, 6.45) is 7.91. The monoisotopic (exact) mass is 395 g/mol. The van der Waals surface area contributed by atoms with Crippen molar-refractivity contribution in [3.63, 3.8) is 0 Å². The summed E-state index contributed by atoms with van der Waals surface area (Å²) in [7, 11) is 2.12. The van der Waals surface area contributed by atoms with Gasteiger partial charge in [0.2, 0.25) is 0 Å². The standard InChI is InChI=1S/C21H22FN5O2/c1-26-16-6-14(7-17(26)12-29-11-16)25-21(28)19-10-27(15-3-2-4-23-9-15)20-18(19)5-13(22)8-24-20/h2-5,8-10,14,16-17H,6-7,11-12H2,1H3,(H,25,28). The van der Waals surface area contributed by atoms with Crippen molar-refractivity contribution in [3.8, 4) is 5.69 Å². The van der Waals surface area contributed by atoms with Gasteiger partial charge in [-0.3, -0.25) is 19.2 Å². The molecule has 1 amide bonds. The molecule has 2 saturated heterocycles. The highest BCUT2D eigenvalue weighted by atomic mass is 19.1. The molecule has 2 fully saturated rings. The summed E-state index contributed by atoms with van der Waals surface area (Å²) in [6, 6.07) is 5.73. The minimum atomic E-state index is -0.471. The number of pyridine rings is 2. The van der Waals surface area contributed by atoms with Crippen LogP contribution in [0.3, 0.4) is 0 Å². The topological polar surface area (TPSA) is 72.3 Å². The SMILES string of the molecule is CN1C2COCC1CC(NC(=O)c1cn(-c3cccnc3)c3ncc(F)cc13)C2. The summed E-state index contributed by atoms with van der Waals surface area (Å²) in [5.41, 5.74) is 1.70. The highest BCUT2D eigenvalue weighted by Gasteiger charge is 2.37. The number of ether oxygens (including phenoxy) is 1. The van der Waals surface area contributed by atoms with E-state index in [4.69, 9.17) is 4.74 Å². The van der Waals surface area contributed by atoms with Crippen molar-refractivity contribution in [3.05, 3.63) is 54.4 Å². The van der Waals surface area contributed by atoms with E-state index in [1.54, 1.807) is 23.2 Å². The first-order valence-electron chi connectivity index (χ1n) is 9.77. The fourth-order valence-corrected chi connectivity index (χ4v) is 4.43. The summed E-state index contributed by atoms with van der Waals surface area (Å²) in [4.78, 5) is 23.8. The molecular weight excluding hydrogens is 373 g/mol. The molecule has 0 saturated carbocycles. The zero-order valence-corrected chi connectivity index (χ0v) is 16.1. The molecule has 29 heavy (non-hydrogen) atoms. The van der Waals surface area contributed by atoms with Gasteiger partial charge in [0.05, 0.1) is 36.9 Å². The molecule has 7 nitrogen and oxygen atoms in total. The molecule has 5 heterocycles. The van der Waals surface area contributed by atoms with Crippen LogP contribution in [0.25, 0.3) is 16.7 Å². The smallest absolute Gasteiger partial charge is 0.253 e. The number of piperidine rings is 1. The lowest BCUT2D eigenvalue weighted by Gasteiger charge is -2.46. The fourth-order valence-electron chi connectivity index (χ4n) is 4.43. The lowest BCUT2D eigenvalue weighted by atomic mass is 9.90. The predicted octanol–water partition coefficient (Wildman–Crippen LogP) is 2.15. The van der Waals surface area contributed by atoms with E-state index in [-0.39, 0.29) is 11.9 Å². The van der Waals surface area contributed by atoms with Crippen molar-refractivity contribution in [2.24, 2.45) is 0 Å². The molecule has 0 aromatic carbocycles. The van der Waals surface area contributed by atoms with Gasteiger partial charge in [-0.05, 0) is 38.1 Å². The average Bonchev–Trinajstić information content (AvgIpc) is 3.08. The van der Waals surface area contributed by atoms with Gasteiger partial charge in [-0.15, -0.1) is 0 Å². The van der Waals surface area contributed by atoms with Crippen molar-refractivity contribution >= 4 is 16.9 Å². The second-order valence-electron chi connectivity index (χ2n) is 7.80. The Morgan fingerprint density at radius 1 is 1.28 bits per heavy atom. The molecule has 2 bridgehead atoms. The maximum absolute atomic E-state index is 13.9. The third kappa shape index (κ3) is 3.28. The number of rotatable bonds is 3. The first kappa shape index (κ1) is 18.2. The molecule has 8 heteroatoms. The Hall–Kier alpha value is -2.84. The van der Waals surface area contributed by atoms with Crippen molar-refractivity contribution in [1.29, 1.82) is 0 Å². The number of likely N-dealkylation sites (N-methyl/N-ethyl adjacent to an activating group) is 1.